The highest BCUT2D eigenvalue weighted by Crippen LogP contribution is 2.45. The highest BCUT2D eigenvalue weighted by atomic mass is 35.5. The SMILES string of the molecule is Cc1cc(C(O)=C2C(=O)C(=O)N(c3nc4c(Cl)cccc4s3)C2c2ccsc2)c(C)o1. The van der Waals surface area contributed by atoms with Crippen molar-refractivity contribution in [3.8, 4) is 0 Å². The molecule has 1 unspecified atom stereocenters. The Morgan fingerprint density at radius 3 is 2.71 bits per heavy atom. The number of amides is 1. The lowest BCUT2D eigenvalue weighted by Gasteiger charge is -2.21. The summed E-state index contributed by atoms with van der Waals surface area (Å²) in [5.41, 5.74) is 1.69. The molecule has 4 heterocycles. The molecule has 1 aromatic carbocycles. The van der Waals surface area contributed by atoms with Gasteiger partial charge in [0.1, 0.15) is 22.8 Å². The van der Waals surface area contributed by atoms with Crippen LogP contribution in [0.5, 0.6) is 0 Å². The number of aliphatic hydroxyl groups is 1. The van der Waals surface area contributed by atoms with Crippen molar-refractivity contribution >= 4 is 67.1 Å². The summed E-state index contributed by atoms with van der Waals surface area (Å²) in [7, 11) is 0. The van der Waals surface area contributed by atoms with Crippen LogP contribution in [0, 0.1) is 13.8 Å². The number of benzene rings is 1. The number of aliphatic hydroxyl groups excluding tert-OH is 1. The maximum Gasteiger partial charge on any atom is 0.301 e. The summed E-state index contributed by atoms with van der Waals surface area (Å²) in [6.07, 6.45) is 0. The molecule has 6 nitrogen and oxygen atoms in total. The van der Waals surface area contributed by atoms with Crippen molar-refractivity contribution in [2.45, 2.75) is 19.9 Å². The summed E-state index contributed by atoms with van der Waals surface area (Å²) >= 11 is 8.98. The number of halogens is 1. The molecule has 1 atom stereocenters. The molecule has 1 aliphatic heterocycles. The van der Waals surface area contributed by atoms with Crippen LogP contribution in [0.3, 0.4) is 0 Å². The average Bonchev–Trinajstić information content (AvgIpc) is 3.49. The van der Waals surface area contributed by atoms with Crippen molar-refractivity contribution in [1.82, 2.24) is 4.98 Å². The number of Topliss-reactive ketones (excluding diaryl/α,β-unsaturated/α-hetero) is 1. The molecular formula is C22H15ClN2O4S2. The van der Waals surface area contributed by atoms with Gasteiger partial charge in [0.05, 0.1) is 26.9 Å². The van der Waals surface area contributed by atoms with Crippen LogP contribution in [0.2, 0.25) is 5.02 Å². The van der Waals surface area contributed by atoms with Gasteiger partial charge in [-0.15, -0.1) is 0 Å². The molecule has 4 aromatic rings. The molecule has 0 aliphatic carbocycles. The summed E-state index contributed by atoms with van der Waals surface area (Å²) in [6, 6.07) is 8.06. The lowest BCUT2D eigenvalue weighted by Crippen LogP contribution is -2.29. The van der Waals surface area contributed by atoms with Crippen LogP contribution < -0.4 is 4.90 Å². The van der Waals surface area contributed by atoms with Crippen LogP contribution in [-0.2, 0) is 9.59 Å². The largest absolute Gasteiger partial charge is 0.507 e. The van der Waals surface area contributed by atoms with Gasteiger partial charge in [0, 0.05) is 0 Å². The molecular weight excluding hydrogens is 456 g/mol. The number of rotatable bonds is 3. The lowest BCUT2D eigenvalue weighted by molar-refractivity contribution is -0.132. The molecule has 9 heteroatoms. The smallest absolute Gasteiger partial charge is 0.301 e. The van der Waals surface area contributed by atoms with E-state index >= 15 is 0 Å². The topological polar surface area (TPSA) is 83.6 Å². The molecule has 0 spiro atoms. The summed E-state index contributed by atoms with van der Waals surface area (Å²) in [4.78, 5) is 32.2. The predicted molar refractivity (Wildman–Crippen MR) is 122 cm³/mol. The van der Waals surface area contributed by atoms with Gasteiger partial charge >= 0.3 is 5.91 Å². The fourth-order valence-corrected chi connectivity index (χ4v) is 5.76. The van der Waals surface area contributed by atoms with E-state index in [0.717, 1.165) is 4.70 Å². The van der Waals surface area contributed by atoms with Crippen molar-refractivity contribution in [3.63, 3.8) is 0 Å². The van der Waals surface area contributed by atoms with Gasteiger partial charge in [-0.05, 0) is 54.4 Å². The van der Waals surface area contributed by atoms with E-state index in [-0.39, 0.29) is 11.3 Å². The summed E-state index contributed by atoms with van der Waals surface area (Å²) in [5, 5.41) is 15.6. The maximum absolute atomic E-state index is 13.2. The van der Waals surface area contributed by atoms with E-state index < -0.39 is 17.7 Å². The van der Waals surface area contributed by atoms with E-state index in [0.29, 0.717) is 38.3 Å². The Bertz CT molecular complexity index is 1380. The van der Waals surface area contributed by atoms with Crippen molar-refractivity contribution in [2.24, 2.45) is 0 Å². The van der Waals surface area contributed by atoms with Gasteiger partial charge in [0.25, 0.3) is 5.78 Å². The minimum atomic E-state index is -0.805. The second-order valence-corrected chi connectivity index (χ2v) is 9.33. The monoisotopic (exact) mass is 470 g/mol. The molecule has 5 rings (SSSR count). The average molecular weight is 471 g/mol. The number of aromatic nitrogens is 1. The second-order valence-electron chi connectivity index (χ2n) is 7.14. The fourth-order valence-electron chi connectivity index (χ4n) is 3.79. The van der Waals surface area contributed by atoms with Gasteiger partial charge in [0.15, 0.2) is 5.13 Å². The Morgan fingerprint density at radius 1 is 1.26 bits per heavy atom. The number of furan rings is 1. The molecule has 0 radical (unpaired) electrons. The zero-order valence-electron chi connectivity index (χ0n) is 16.4. The number of ketones is 1. The maximum atomic E-state index is 13.2. The highest BCUT2D eigenvalue weighted by molar-refractivity contribution is 7.22. The van der Waals surface area contributed by atoms with E-state index in [9.17, 15) is 14.7 Å². The third kappa shape index (κ3) is 3.10. The minimum Gasteiger partial charge on any atom is -0.507 e. The molecule has 31 heavy (non-hydrogen) atoms. The number of carbonyl (C=O) groups is 2. The lowest BCUT2D eigenvalue weighted by atomic mass is 9.97. The van der Waals surface area contributed by atoms with Crippen LogP contribution >= 0.6 is 34.3 Å². The van der Waals surface area contributed by atoms with Crippen molar-refractivity contribution < 1.29 is 19.1 Å². The minimum absolute atomic E-state index is 0.0117. The van der Waals surface area contributed by atoms with Crippen LogP contribution in [0.15, 0.2) is 51.1 Å². The van der Waals surface area contributed by atoms with Gasteiger partial charge < -0.3 is 9.52 Å². The third-order valence-corrected chi connectivity index (χ3v) is 7.19. The van der Waals surface area contributed by atoms with Gasteiger partial charge in [-0.2, -0.15) is 11.3 Å². The summed E-state index contributed by atoms with van der Waals surface area (Å²) < 4.78 is 6.32. The van der Waals surface area contributed by atoms with Crippen molar-refractivity contribution in [1.29, 1.82) is 0 Å². The molecule has 156 valence electrons. The first-order valence-corrected chi connectivity index (χ1v) is 11.5. The van der Waals surface area contributed by atoms with E-state index in [4.69, 9.17) is 16.0 Å². The molecule has 1 aliphatic rings. The molecule has 1 amide bonds. The molecule has 1 saturated heterocycles. The third-order valence-electron chi connectivity index (χ3n) is 5.16. The second kappa shape index (κ2) is 7.33. The summed E-state index contributed by atoms with van der Waals surface area (Å²) in [6.45, 7) is 3.46. The van der Waals surface area contributed by atoms with E-state index in [1.54, 1.807) is 32.0 Å². The number of thiophene rings is 1. The van der Waals surface area contributed by atoms with Crippen LogP contribution in [0.25, 0.3) is 16.0 Å². The number of fused-ring (bicyclic) bond motifs is 1. The van der Waals surface area contributed by atoms with Gasteiger partial charge in [-0.3, -0.25) is 14.5 Å². The number of hydrogen-bond acceptors (Lipinski definition) is 7. The molecule has 0 bridgehead atoms. The zero-order chi connectivity index (χ0) is 21.9. The number of carbonyl (C=O) groups excluding carboxylic acids is 2. The standard InChI is InChI=1S/C22H15ClN2O4S2/c1-10-8-13(11(2)29-10)19(26)16-18(12-6-7-30-9-12)25(21(28)20(16)27)22-24-17-14(23)4-3-5-15(17)31-22/h3-9,18,26H,1-2H3. The highest BCUT2D eigenvalue weighted by Gasteiger charge is 2.48. The number of anilines is 1. The Hall–Kier alpha value is -2.94. The van der Waals surface area contributed by atoms with E-state index in [1.165, 1.54) is 27.6 Å². The normalized spacial score (nSPS) is 18.4. The van der Waals surface area contributed by atoms with Gasteiger partial charge in [-0.25, -0.2) is 4.98 Å². The fraction of sp³-hybridized carbons (Fsp3) is 0.136. The zero-order valence-corrected chi connectivity index (χ0v) is 18.8. The molecule has 3 aromatic heterocycles. The number of aryl methyl sites for hydroxylation is 2. The number of thiazole rings is 1. The van der Waals surface area contributed by atoms with Gasteiger partial charge in [0.2, 0.25) is 0 Å². The Labute approximate surface area is 190 Å². The number of nitrogens with zero attached hydrogens (tertiary/aromatic N) is 2. The molecule has 0 saturated carbocycles. The van der Waals surface area contributed by atoms with Crippen molar-refractivity contribution in [3.05, 3.63) is 74.3 Å². The summed E-state index contributed by atoms with van der Waals surface area (Å²) in [5.74, 6) is -0.702. The van der Waals surface area contributed by atoms with Crippen LogP contribution in [0.1, 0.15) is 28.7 Å². The number of para-hydroxylation sites is 1. The Kier molecular flexibility index (Phi) is 4.73. The Balaban J connectivity index is 1.74. The van der Waals surface area contributed by atoms with Crippen LogP contribution in [-0.4, -0.2) is 21.8 Å². The quantitative estimate of drug-likeness (QED) is 0.231. The van der Waals surface area contributed by atoms with E-state index in [2.05, 4.69) is 4.98 Å². The first kappa shape index (κ1) is 20.0. The van der Waals surface area contributed by atoms with Gasteiger partial charge in [-0.1, -0.05) is 29.0 Å². The molecule has 1 N–H and O–H groups in total. The first-order chi connectivity index (χ1) is 14.9. The van der Waals surface area contributed by atoms with Crippen LogP contribution in [0.4, 0.5) is 5.13 Å². The Morgan fingerprint density at radius 2 is 2.06 bits per heavy atom. The van der Waals surface area contributed by atoms with E-state index in [1.807, 2.05) is 22.9 Å². The number of hydrogen-bond donors (Lipinski definition) is 1. The van der Waals surface area contributed by atoms with Crippen molar-refractivity contribution in [2.75, 3.05) is 4.90 Å². The first-order valence-electron chi connectivity index (χ1n) is 9.32. The predicted octanol–water partition coefficient (Wildman–Crippen LogP) is 5.85. The molecule has 1 fully saturated rings.